The second kappa shape index (κ2) is 5.87. The van der Waals surface area contributed by atoms with Crippen molar-refractivity contribution in [1.29, 1.82) is 0 Å². The minimum absolute atomic E-state index is 0.185. The molecule has 0 saturated carbocycles. The summed E-state index contributed by atoms with van der Waals surface area (Å²) in [6, 6.07) is 0. The van der Waals surface area contributed by atoms with Gasteiger partial charge in [0.05, 0.1) is 6.61 Å². The Labute approximate surface area is 90.6 Å². The predicted octanol–water partition coefficient (Wildman–Crippen LogP) is 0.0380. The quantitative estimate of drug-likeness (QED) is 0.610. The Morgan fingerprint density at radius 1 is 1.60 bits per heavy atom. The van der Waals surface area contributed by atoms with Crippen LogP contribution in [0.2, 0.25) is 0 Å². The number of hydrogen-bond donors (Lipinski definition) is 0. The number of nitrogens with zero attached hydrogens (tertiary/aromatic N) is 1. The topological polar surface area (TPSA) is 63.7 Å². The summed E-state index contributed by atoms with van der Waals surface area (Å²) in [4.78, 5) is 12.4. The van der Waals surface area contributed by atoms with Crippen LogP contribution in [0.3, 0.4) is 0 Å². The highest BCUT2D eigenvalue weighted by molar-refractivity contribution is 7.91. The smallest absolute Gasteiger partial charge is 0.245 e. The molecule has 0 N–H and O–H groups in total. The van der Waals surface area contributed by atoms with Gasteiger partial charge >= 0.3 is 0 Å². The predicted molar refractivity (Wildman–Crippen MR) is 58.1 cm³/mol. The third-order valence-electron chi connectivity index (χ3n) is 1.93. The molecule has 0 saturated heterocycles. The van der Waals surface area contributed by atoms with E-state index in [1.54, 1.807) is 7.05 Å². The van der Waals surface area contributed by atoms with Crippen molar-refractivity contribution in [1.82, 2.24) is 4.90 Å². The van der Waals surface area contributed by atoms with E-state index in [-0.39, 0.29) is 12.5 Å². The number of carbonyl (C=O) groups is 1. The first-order valence-corrected chi connectivity index (χ1v) is 6.42. The normalized spacial score (nSPS) is 13.3. The molecule has 0 radical (unpaired) electrons. The molecular weight excluding hydrogens is 218 g/mol. The number of ether oxygens (including phenoxy) is 1. The molecule has 0 spiro atoms. The van der Waals surface area contributed by atoms with Gasteiger partial charge in [0.2, 0.25) is 5.91 Å². The number of likely N-dealkylation sites (N-methyl/N-ethyl adjacent to an activating group) is 1. The summed E-state index contributed by atoms with van der Waals surface area (Å²) in [5.41, 5.74) is -0.843. The van der Waals surface area contributed by atoms with E-state index in [1.165, 1.54) is 17.9 Å². The molecule has 0 aliphatic carbocycles. The van der Waals surface area contributed by atoms with Gasteiger partial charge in [-0.1, -0.05) is 6.58 Å². The van der Waals surface area contributed by atoms with E-state index in [4.69, 9.17) is 4.74 Å². The number of hydrogen-bond acceptors (Lipinski definition) is 4. The summed E-state index contributed by atoms with van der Waals surface area (Å²) >= 11 is 0. The standard InChI is InChI=1S/C9H17NO4S/c1-5-9(11)10(3)6-7-14-8(2)15(4,12)13/h5,8H,1,6-7H2,2-4H3. The van der Waals surface area contributed by atoms with Crippen LogP contribution in [0.1, 0.15) is 6.92 Å². The van der Waals surface area contributed by atoms with Gasteiger partial charge in [-0.25, -0.2) is 8.42 Å². The molecule has 88 valence electrons. The zero-order valence-corrected chi connectivity index (χ0v) is 10.1. The maximum atomic E-state index is 11.0. The van der Waals surface area contributed by atoms with Crippen LogP contribution in [-0.2, 0) is 19.4 Å². The molecule has 1 unspecified atom stereocenters. The number of amides is 1. The summed E-state index contributed by atoms with van der Waals surface area (Å²) in [6.07, 6.45) is 2.30. The van der Waals surface area contributed by atoms with Crippen LogP contribution in [0, 0.1) is 0 Å². The minimum Gasteiger partial charge on any atom is -0.361 e. The molecule has 6 heteroatoms. The largest absolute Gasteiger partial charge is 0.361 e. The van der Waals surface area contributed by atoms with Crippen LogP contribution in [0.5, 0.6) is 0 Å². The molecule has 0 aromatic heterocycles. The van der Waals surface area contributed by atoms with Gasteiger partial charge in [0, 0.05) is 19.8 Å². The molecule has 0 rings (SSSR count). The second-order valence-electron chi connectivity index (χ2n) is 3.23. The van der Waals surface area contributed by atoms with Gasteiger partial charge in [-0.2, -0.15) is 0 Å². The molecule has 1 atom stereocenters. The van der Waals surface area contributed by atoms with Crippen LogP contribution >= 0.6 is 0 Å². The van der Waals surface area contributed by atoms with E-state index in [0.717, 1.165) is 6.26 Å². The molecule has 0 aromatic rings. The zero-order chi connectivity index (χ0) is 12.1. The average Bonchev–Trinajstić information content (AvgIpc) is 2.14. The third kappa shape index (κ3) is 5.54. The molecule has 0 aromatic carbocycles. The summed E-state index contributed by atoms with van der Waals surface area (Å²) in [6.45, 7) is 5.32. The third-order valence-corrected chi connectivity index (χ3v) is 3.28. The van der Waals surface area contributed by atoms with Gasteiger partial charge in [0.25, 0.3) is 0 Å². The first-order valence-electron chi connectivity index (χ1n) is 4.47. The van der Waals surface area contributed by atoms with Gasteiger partial charge in [-0.3, -0.25) is 4.79 Å². The highest BCUT2D eigenvalue weighted by Crippen LogP contribution is 1.99. The Morgan fingerprint density at radius 3 is 2.53 bits per heavy atom. The van der Waals surface area contributed by atoms with Crippen LogP contribution < -0.4 is 0 Å². The zero-order valence-electron chi connectivity index (χ0n) is 9.26. The van der Waals surface area contributed by atoms with Crippen molar-refractivity contribution in [2.24, 2.45) is 0 Å². The van der Waals surface area contributed by atoms with Gasteiger partial charge in [0.1, 0.15) is 0 Å². The summed E-state index contributed by atoms with van der Waals surface area (Å²) in [5.74, 6) is -0.217. The van der Waals surface area contributed by atoms with Crippen molar-refractivity contribution in [3.63, 3.8) is 0 Å². The summed E-state index contributed by atoms with van der Waals surface area (Å²) in [7, 11) is -1.58. The fourth-order valence-corrected chi connectivity index (χ4v) is 1.09. The van der Waals surface area contributed by atoms with Gasteiger partial charge in [-0.05, 0) is 13.0 Å². The first-order chi connectivity index (χ1) is 6.79. The van der Waals surface area contributed by atoms with Crippen LogP contribution in [0.4, 0.5) is 0 Å². The van der Waals surface area contributed by atoms with Crippen molar-refractivity contribution >= 4 is 15.7 Å². The number of sulfone groups is 1. The lowest BCUT2D eigenvalue weighted by molar-refractivity contribution is -0.125. The summed E-state index contributed by atoms with van der Waals surface area (Å²) < 4.78 is 27.0. The fourth-order valence-electron chi connectivity index (χ4n) is 0.745. The van der Waals surface area contributed by atoms with E-state index in [2.05, 4.69) is 6.58 Å². The lowest BCUT2D eigenvalue weighted by Crippen LogP contribution is -2.30. The summed E-state index contributed by atoms with van der Waals surface area (Å²) in [5, 5.41) is 0. The number of rotatable bonds is 6. The maximum absolute atomic E-state index is 11.0. The Balaban J connectivity index is 3.90. The highest BCUT2D eigenvalue weighted by Gasteiger charge is 2.15. The molecular formula is C9H17NO4S. The van der Waals surface area contributed by atoms with E-state index in [9.17, 15) is 13.2 Å². The molecule has 0 aliphatic heterocycles. The number of carbonyl (C=O) groups excluding carboxylic acids is 1. The first kappa shape index (κ1) is 14.1. The van der Waals surface area contributed by atoms with Gasteiger partial charge < -0.3 is 9.64 Å². The molecule has 0 aliphatic rings. The van der Waals surface area contributed by atoms with Gasteiger partial charge in [-0.15, -0.1) is 0 Å². The van der Waals surface area contributed by atoms with E-state index in [0.29, 0.717) is 6.54 Å². The lowest BCUT2D eigenvalue weighted by atomic mass is 10.5. The van der Waals surface area contributed by atoms with Crippen molar-refractivity contribution in [2.45, 2.75) is 12.4 Å². The van der Waals surface area contributed by atoms with Crippen LogP contribution in [0.25, 0.3) is 0 Å². The molecule has 0 fully saturated rings. The van der Waals surface area contributed by atoms with E-state index >= 15 is 0 Å². The SMILES string of the molecule is C=CC(=O)N(C)CCOC(C)S(C)(=O)=O. The maximum Gasteiger partial charge on any atom is 0.245 e. The van der Waals surface area contributed by atoms with Crippen molar-refractivity contribution in [3.05, 3.63) is 12.7 Å². The van der Waals surface area contributed by atoms with Crippen LogP contribution in [0.15, 0.2) is 12.7 Å². The van der Waals surface area contributed by atoms with Gasteiger partial charge in [0.15, 0.2) is 15.3 Å². The van der Waals surface area contributed by atoms with E-state index in [1.807, 2.05) is 0 Å². The molecule has 0 bridgehead atoms. The Morgan fingerprint density at radius 2 is 2.13 bits per heavy atom. The average molecular weight is 235 g/mol. The van der Waals surface area contributed by atoms with E-state index < -0.39 is 15.3 Å². The Kier molecular flexibility index (Phi) is 5.53. The van der Waals surface area contributed by atoms with Crippen molar-refractivity contribution < 1.29 is 17.9 Å². The molecule has 1 amide bonds. The monoisotopic (exact) mass is 235 g/mol. The van der Waals surface area contributed by atoms with Crippen molar-refractivity contribution in [3.8, 4) is 0 Å². The fraction of sp³-hybridized carbons (Fsp3) is 0.667. The minimum atomic E-state index is -3.17. The Bertz CT molecular complexity index is 323. The molecule has 0 heterocycles. The second-order valence-corrected chi connectivity index (χ2v) is 5.55. The molecule has 5 nitrogen and oxygen atoms in total. The van der Waals surface area contributed by atoms with Crippen LogP contribution in [-0.4, -0.2) is 51.1 Å². The highest BCUT2D eigenvalue weighted by atomic mass is 32.2. The Hall–Kier alpha value is -0.880. The van der Waals surface area contributed by atoms with Crippen molar-refractivity contribution in [2.75, 3.05) is 26.5 Å². The lowest BCUT2D eigenvalue weighted by Gasteiger charge is -2.16. The molecule has 15 heavy (non-hydrogen) atoms.